The highest BCUT2D eigenvalue weighted by molar-refractivity contribution is 6.31. The van der Waals surface area contributed by atoms with Crippen molar-refractivity contribution in [3.8, 4) is 5.75 Å². The van der Waals surface area contributed by atoms with Crippen LogP contribution in [0.2, 0.25) is 10.0 Å². The van der Waals surface area contributed by atoms with Crippen LogP contribution in [-0.4, -0.2) is 30.9 Å². The molecule has 148 valence electrons. The summed E-state index contributed by atoms with van der Waals surface area (Å²) in [7, 11) is 0. The van der Waals surface area contributed by atoms with Crippen molar-refractivity contribution in [2.75, 3.05) is 13.2 Å². The molecule has 0 aliphatic rings. The molecule has 3 N–H and O–H groups in total. The van der Waals surface area contributed by atoms with Crippen molar-refractivity contribution < 1.29 is 19.1 Å². The number of halogens is 2. The first-order valence-corrected chi connectivity index (χ1v) is 9.11. The first-order chi connectivity index (χ1) is 13.3. The highest BCUT2D eigenvalue weighted by Gasteiger charge is 2.08. The summed E-state index contributed by atoms with van der Waals surface area (Å²) in [6, 6.07) is 11.4. The highest BCUT2D eigenvalue weighted by atomic mass is 35.5. The molecule has 0 saturated carbocycles. The molecule has 0 radical (unpaired) electrons. The maximum absolute atomic E-state index is 11.9. The molecule has 2 rings (SSSR count). The number of rotatable bonds is 7. The smallest absolute Gasteiger partial charge is 0.276 e. The third-order valence-electron chi connectivity index (χ3n) is 3.58. The summed E-state index contributed by atoms with van der Waals surface area (Å²) >= 11 is 11.7. The molecule has 0 heterocycles. The Labute approximate surface area is 172 Å². The average Bonchev–Trinajstić information content (AvgIpc) is 2.67. The number of ether oxygens (including phenoxy) is 1. The lowest BCUT2D eigenvalue weighted by Gasteiger charge is -2.10. The molecule has 0 unspecified atom stereocenters. The van der Waals surface area contributed by atoms with Crippen molar-refractivity contribution in [3.63, 3.8) is 0 Å². The van der Waals surface area contributed by atoms with Gasteiger partial charge in [0.2, 0.25) is 5.91 Å². The van der Waals surface area contributed by atoms with Crippen LogP contribution < -0.4 is 20.9 Å². The highest BCUT2D eigenvalue weighted by Crippen LogP contribution is 2.20. The van der Waals surface area contributed by atoms with Crippen LogP contribution in [0.3, 0.4) is 0 Å². The molecule has 0 fully saturated rings. The topological polar surface area (TPSA) is 96.5 Å². The first-order valence-electron chi connectivity index (χ1n) is 8.35. The minimum atomic E-state index is -0.522. The number of carbonyl (C=O) groups excluding carboxylic acids is 3. The third-order valence-corrected chi connectivity index (χ3v) is 4.26. The maximum atomic E-state index is 11.9. The zero-order chi connectivity index (χ0) is 20.5. The van der Waals surface area contributed by atoms with Gasteiger partial charge in [-0.15, -0.1) is 0 Å². The number of hydrogen-bond donors (Lipinski definition) is 3. The van der Waals surface area contributed by atoms with Crippen molar-refractivity contribution in [3.05, 3.63) is 63.6 Å². The van der Waals surface area contributed by atoms with E-state index >= 15 is 0 Å². The van der Waals surface area contributed by atoms with Crippen molar-refractivity contribution in [2.24, 2.45) is 0 Å². The Bertz CT molecular complexity index is 857. The van der Waals surface area contributed by atoms with Gasteiger partial charge in [0.1, 0.15) is 5.75 Å². The minimum absolute atomic E-state index is 0.00313. The van der Waals surface area contributed by atoms with Crippen LogP contribution in [0.1, 0.15) is 22.3 Å². The zero-order valence-corrected chi connectivity index (χ0v) is 16.6. The molecule has 7 nitrogen and oxygen atoms in total. The van der Waals surface area contributed by atoms with Gasteiger partial charge in [0.25, 0.3) is 11.8 Å². The summed E-state index contributed by atoms with van der Waals surface area (Å²) in [6.07, 6.45) is -0.00313. The van der Waals surface area contributed by atoms with Gasteiger partial charge in [0, 0.05) is 28.6 Å². The van der Waals surface area contributed by atoms with Crippen LogP contribution in [0, 0.1) is 6.92 Å². The van der Waals surface area contributed by atoms with Crippen LogP contribution >= 0.6 is 23.2 Å². The SMILES string of the molecule is Cc1cc(OCC(=O)NNC(=O)CCNC(=O)c2ccc(Cl)cc2)ccc1Cl. The molecule has 0 atom stereocenters. The van der Waals surface area contributed by atoms with Crippen LogP contribution in [-0.2, 0) is 9.59 Å². The minimum Gasteiger partial charge on any atom is -0.484 e. The molecule has 0 aliphatic heterocycles. The molecule has 0 bridgehead atoms. The van der Waals surface area contributed by atoms with E-state index in [1.54, 1.807) is 42.5 Å². The van der Waals surface area contributed by atoms with E-state index in [-0.39, 0.29) is 25.5 Å². The fourth-order valence-electron chi connectivity index (χ4n) is 2.09. The standard InChI is InChI=1S/C19H19Cl2N3O4/c1-12-10-15(6-7-16(12)21)28-11-18(26)24-23-17(25)8-9-22-19(27)13-2-4-14(20)5-3-13/h2-7,10H,8-9,11H2,1H3,(H,22,27)(H,23,25)(H,24,26). The van der Waals surface area contributed by atoms with E-state index in [1.165, 1.54) is 0 Å². The molecule has 0 spiro atoms. The number of carbonyl (C=O) groups is 3. The molecule has 0 saturated heterocycles. The van der Waals surface area contributed by atoms with Gasteiger partial charge in [-0.05, 0) is 55.0 Å². The van der Waals surface area contributed by atoms with Crippen LogP contribution in [0.15, 0.2) is 42.5 Å². The van der Waals surface area contributed by atoms with E-state index < -0.39 is 11.8 Å². The normalized spacial score (nSPS) is 10.1. The second-order valence-electron chi connectivity index (χ2n) is 5.81. The number of hydrogen-bond acceptors (Lipinski definition) is 4. The van der Waals surface area contributed by atoms with Gasteiger partial charge < -0.3 is 10.1 Å². The van der Waals surface area contributed by atoms with Gasteiger partial charge >= 0.3 is 0 Å². The van der Waals surface area contributed by atoms with E-state index in [0.717, 1.165) is 5.56 Å². The van der Waals surface area contributed by atoms with Crippen LogP contribution in [0.4, 0.5) is 0 Å². The number of benzene rings is 2. The Balaban J connectivity index is 1.63. The molecule has 2 aromatic rings. The summed E-state index contributed by atoms with van der Waals surface area (Å²) < 4.78 is 5.32. The number of aryl methyl sites for hydroxylation is 1. The van der Waals surface area contributed by atoms with Gasteiger partial charge in [-0.3, -0.25) is 25.2 Å². The second-order valence-corrected chi connectivity index (χ2v) is 6.65. The Morgan fingerprint density at radius 1 is 0.964 bits per heavy atom. The second kappa shape index (κ2) is 10.5. The molecular formula is C19H19Cl2N3O4. The monoisotopic (exact) mass is 423 g/mol. The van der Waals surface area contributed by atoms with Gasteiger partial charge in [-0.1, -0.05) is 23.2 Å². The van der Waals surface area contributed by atoms with Crippen LogP contribution in [0.25, 0.3) is 0 Å². The summed E-state index contributed by atoms with van der Waals surface area (Å²) in [5, 5.41) is 3.74. The van der Waals surface area contributed by atoms with Crippen molar-refractivity contribution >= 4 is 40.9 Å². The Morgan fingerprint density at radius 3 is 2.32 bits per heavy atom. The molecular weight excluding hydrogens is 405 g/mol. The van der Waals surface area contributed by atoms with E-state index in [0.29, 0.717) is 21.4 Å². The number of nitrogens with one attached hydrogen (secondary N) is 3. The quantitative estimate of drug-likeness (QED) is 0.596. The lowest BCUT2D eigenvalue weighted by molar-refractivity contribution is -0.129. The predicted molar refractivity (Wildman–Crippen MR) is 106 cm³/mol. The molecule has 3 amide bonds. The van der Waals surface area contributed by atoms with E-state index in [2.05, 4.69) is 16.2 Å². The predicted octanol–water partition coefficient (Wildman–Crippen LogP) is 2.65. The summed E-state index contributed by atoms with van der Waals surface area (Å²) in [5.74, 6) is -0.799. The molecule has 0 aromatic heterocycles. The summed E-state index contributed by atoms with van der Waals surface area (Å²) in [5.41, 5.74) is 5.75. The van der Waals surface area contributed by atoms with Crippen molar-refractivity contribution in [1.82, 2.24) is 16.2 Å². The van der Waals surface area contributed by atoms with E-state index in [1.807, 2.05) is 6.92 Å². The molecule has 0 aliphatic carbocycles. The van der Waals surface area contributed by atoms with Crippen LogP contribution in [0.5, 0.6) is 5.75 Å². The van der Waals surface area contributed by atoms with E-state index in [9.17, 15) is 14.4 Å². The maximum Gasteiger partial charge on any atom is 0.276 e. The lowest BCUT2D eigenvalue weighted by atomic mass is 10.2. The van der Waals surface area contributed by atoms with Gasteiger partial charge in [0.15, 0.2) is 6.61 Å². The summed E-state index contributed by atoms with van der Waals surface area (Å²) in [6.45, 7) is 1.67. The summed E-state index contributed by atoms with van der Waals surface area (Å²) in [4.78, 5) is 35.3. The Morgan fingerprint density at radius 2 is 1.64 bits per heavy atom. The first kappa shape index (κ1) is 21.5. The largest absolute Gasteiger partial charge is 0.484 e. The molecule has 9 heteroatoms. The fraction of sp³-hybridized carbons (Fsp3) is 0.211. The third kappa shape index (κ3) is 7.09. The van der Waals surface area contributed by atoms with Gasteiger partial charge in [-0.2, -0.15) is 0 Å². The van der Waals surface area contributed by atoms with Crippen molar-refractivity contribution in [2.45, 2.75) is 13.3 Å². The molecule has 2 aromatic carbocycles. The number of amides is 3. The van der Waals surface area contributed by atoms with Gasteiger partial charge in [-0.25, -0.2) is 0 Å². The van der Waals surface area contributed by atoms with Gasteiger partial charge in [0.05, 0.1) is 0 Å². The Hall–Kier alpha value is -2.77. The fourth-order valence-corrected chi connectivity index (χ4v) is 2.33. The zero-order valence-electron chi connectivity index (χ0n) is 15.1. The van der Waals surface area contributed by atoms with Crippen molar-refractivity contribution in [1.29, 1.82) is 0 Å². The number of hydrazine groups is 1. The molecule has 28 heavy (non-hydrogen) atoms. The van der Waals surface area contributed by atoms with E-state index in [4.69, 9.17) is 27.9 Å². The lowest BCUT2D eigenvalue weighted by Crippen LogP contribution is -2.44. The average molecular weight is 424 g/mol. The Kier molecular flexibility index (Phi) is 8.10.